The van der Waals surface area contributed by atoms with Crippen LogP contribution in [0.5, 0.6) is 0 Å². The molecule has 17 heavy (non-hydrogen) atoms. The number of carbonyl (C=O) groups is 1. The summed E-state index contributed by atoms with van der Waals surface area (Å²) in [5, 5.41) is 10.6. The van der Waals surface area contributed by atoms with Crippen LogP contribution in [0.2, 0.25) is 0 Å². The topological polar surface area (TPSA) is 69.4 Å². The summed E-state index contributed by atoms with van der Waals surface area (Å²) >= 11 is 0. The number of ether oxygens (including phenoxy) is 1. The molecule has 0 spiro atoms. The van der Waals surface area contributed by atoms with Crippen molar-refractivity contribution < 1.29 is 14.5 Å². The van der Waals surface area contributed by atoms with E-state index in [1.165, 1.54) is 19.2 Å². The van der Waals surface area contributed by atoms with Crippen LogP contribution in [0.4, 0.5) is 5.69 Å². The molecule has 0 unspecified atom stereocenters. The maximum Gasteiger partial charge on any atom is 0.338 e. The fourth-order valence-electron chi connectivity index (χ4n) is 1.56. The number of aryl methyl sites for hydroxylation is 1. The molecule has 1 aromatic carbocycles. The molecule has 0 atom stereocenters. The number of esters is 1. The van der Waals surface area contributed by atoms with Crippen LogP contribution in [-0.4, -0.2) is 18.0 Å². The molecule has 1 aromatic rings. The summed E-state index contributed by atoms with van der Waals surface area (Å²) in [7, 11) is 1.27. The smallest absolute Gasteiger partial charge is 0.338 e. The lowest BCUT2D eigenvalue weighted by atomic mass is 10.0. The van der Waals surface area contributed by atoms with Gasteiger partial charge in [-0.1, -0.05) is 19.4 Å². The van der Waals surface area contributed by atoms with E-state index in [2.05, 4.69) is 4.74 Å². The largest absolute Gasteiger partial charge is 0.465 e. The van der Waals surface area contributed by atoms with Gasteiger partial charge in [-0.25, -0.2) is 4.79 Å². The Morgan fingerprint density at radius 2 is 2.18 bits per heavy atom. The Morgan fingerprint density at radius 3 is 2.71 bits per heavy atom. The van der Waals surface area contributed by atoms with E-state index in [-0.39, 0.29) is 11.3 Å². The monoisotopic (exact) mass is 237 g/mol. The minimum atomic E-state index is -0.528. The maximum atomic E-state index is 11.5. The van der Waals surface area contributed by atoms with Gasteiger partial charge in [0.2, 0.25) is 0 Å². The van der Waals surface area contributed by atoms with Crippen molar-refractivity contribution in [3.63, 3.8) is 0 Å². The number of hydrogen-bond donors (Lipinski definition) is 0. The van der Waals surface area contributed by atoms with Crippen LogP contribution in [0, 0.1) is 10.1 Å². The van der Waals surface area contributed by atoms with Crippen molar-refractivity contribution in [2.75, 3.05) is 7.11 Å². The minimum absolute atomic E-state index is 0.0920. The third-order valence-corrected chi connectivity index (χ3v) is 2.51. The number of nitro groups is 1. The predicted molar refractivity (Wildman–Crippen MR) is 63.0 cm³/mol. The van der Waals surface area contributed by atoms with Gasteiger partial charge in [0.25, 0.3) is 5.69 Å². The molecule has 0 aliphatic carbocycles. The van der Waals surface area contributed by atoms with Crippen LogP contribution in [0.15, 0.2) is 18.2 Å². The Morgan fingerprint density at radius 1 is 1.47 bits per heavy atom. The maximum absolute atomic E-state index is 11.5. The first-order valence-corrected chi connectivity index (χ1v) is 5.45. The number of hydrogen-bond acceptors (Lipinski definition) is 4. The molecule has 0 N–H and O–H groups in total. The number of nitro benzene ring substituents is 1. The number of methoxy groups -OCH3 is 1. The lowest BCUT2D eigenvalue weighted by Gasteiger charge is -2.07. The highest BCUT2D eigenvalue weighted by Crippen LogP contribution is 2.20. The minimum Gasteiger partial charge on any atom is -0.465 e. The van der Waals surface area contributed by atoms with Crippen LogP contribution in [0.1, 0.15) is 35.7 Å². The van der Waals surface area contributed by atoms with E-state index in [0.29, 0.717) is 0 Å². The van der Waals surface area contributed by atoms with E-state index in [4.69, 9.17) is 0 Å². The summed E-state index contributed by atoms with van der Waals surface area (Å²) in [6, 6.07) is 4.31. The van der Waals surface area contributed by atoms with E-state index in [9.17, 15) is 14.9 Å². The molecule has 1 rings (SSSR count). The second kappa shape index (κ2) is 5.98. The van der Waals surface area contributed by atoms with E-state index >= 15 is 0 Å². The molecular weight excluding hydrogens is 222 g/mol. The first kappa shape index (κ1) is 13.2. The average Bonchev–Trinajstić information content (AvgIpc) is 2.35. The molecule has 0 bridgehead atoms. The van der Waals surface area contributed by atoms with Crippen molar-refractivity contribution in [2.24, 2.45) is 0 Å². The fraction of sp³-hybridized carbons (Fsp3) is 0.417. The number of unbranched alkanes of at least 4 members (excludes halogenated alkanes) is 1. The molecular formula is C12H15NO4. The number of nitrogens with zero attached hydrogens (tertiary/aromatic N) is 1. The van der Waals surface area contributed by atoms with Crippen LogP contribution < -0.4 is 0 Å². The lowest BCUT2D eigenvalue weighted by Crippen LogP contribution is -2.06. The summed E-state index contributed by atoms with van der Waals surface area (Å²) in [6.45, 7) is 2.04. The predicted octanol–water partition coefficient (Wildman–Crippen LogP) is 2.72. The summed E-state index contributed by atoms with van der Waals surface area (Å²) < 4.78 is 4.63. The highest BCUT2D eigenvalue weighted by molar-refractivity contribution is 5.91. The highest BCUT2D eigenvalue weighted by atomic mass is 16.6. The molecule has 0 saturated carbocycles. The van der Waals surface area contributed by atoms with Crippen LogP contribution in [0.25, 0.3) is 0 Å². The summed E-state index contributed by atoms with van der Waals surface area (Å²) in [5.74, 6) is -0.528. The third-order valence-electron chi connectivity index (χ3n) is 2.51. The van der Waals surface area contributed by atoms with Gasteiger partial charge in [-0.2, -0.15) is 0 Å². The van der Waals surface area contributed by atoms with Crippen molar-refractivity contribution in [1.82, 2.24) is 0 Å². The molecule has 5 nitrogen and oxygen atoms in total. The second-order valence-corrected chi connectivity index (χ2v) is 3.69. The molecule has 92 valence electrons. The van der Waals surface area contributed by atoms with Crippen molar-refractivity contribution in [3.05, 3.63) is 39.4 Å². The quantitative estimate of drug-likeness (QED) is 0.448. The molecule has 0 saturated heterocycles. The van der Waals surface area contributed by atoms with Crippen molar-refractivity contribution in [2.45, 2.75) is 26.2 Å². The summed E-state index contributed by atoms with van der Waals surface area (Å²) in [5.41, 5.74) is 0.991. The van der Waals surface area contributed by atoms with E-state index < -0.39 is 10.9 Å². The molecule has 5 heteroatoms. The standard InChI is InChI=1S/C12H15NO4/c1-3-4-5-9-6-7-10(13(15)16)8-11(9)12(14)17-2/h6-8H,3-5H2,1-2H3. The fourth-order valence-corrected chi connectivity index (χ4v) is 1.56. The Kier molecular flexibility index (Phi) is 4.63. The van der Waals surface area contributed by atoms with Crippen LogP contribution in [-0.2, 0) is 11.2 Å². The average molecular weight is 237 g/mol. The lowest BCUT2D eigenvalue weighted by molar-refractivity contribution is -0.384. The van der Waals surface area contributed by atoms with Crippen molar-refractivity contribution in [1.29, 1.82) is 0 Å². The molecule has 0 aromatic heterocycles. The molecule has 0 amide bonds. The molecule has 0 aliphatic rings. The molecule has 0 fully saturated rings. The highest BCUT2D eigenvalue weighted by Gasteiger charge is 2.16. The van der Waals surface area contributed by atoms with Crippen LogP contribution in [0.3, 0.4) is 0 Å². The summed E-state index contributed by atoms with van der Waals surface area (Å²) in [4.78, 5) is 21.7. The number of non-ortho nitro benzene ring substituents is 1. The summed E-state index contributed by atoms with van der Waals surface area (Å²) in [6.07, 6.45) is 2.65. The number of benzene rings is 1. The van der Waals surface area contributed by atoms with E-state index in [1.807, 2.05) is 6.92 Å². The van der Waals surface area contributed by atoms with Gasteiger partial charge in [-0.15, -0.1) is 0 Å². The van der Waals surface area contributed by atoms with Gasteiger partial charge < -0.3 is 4.74 Å². The van der Waals surface area contributed by atoms with Gasteiger partial charge in [0.05, 0.1) is 17.6 Å². The normalized spacial score (nSPS) is 10.0. The Balaban J connectivity index is 3.12. The van der Waals surface area contributed by atoms with Gasteiger partial charge in [-0.3, -0.25) is 10.1 Å². The van der Waals surface area contributed by atoms with Gasteiger partial charge >= 0.3 is 5.97 Å². The Hall–Kier alpha value is -1.91. The zero-order chi connectivity index (χ0) is 12.8. The van der Waals surface area contributed by atoms with Gasteiger partial charge in [0, 0.05) is 12.1 Å². The zero-order valence-electron chi connectivity index (χ0n) is 9.93. The Labute approximate surface area is 99.5 Å². The van der Waals surface area contributed by atoms with Crippen molar-refractivity contribution >= 4 is 11.7 Å². The first-order chi connectivity index (χ1) is 8.10. The second-order valence-electron chi connectivity index (χ2n) is 3.69. The SMILES string of the molecule is CCCCc1ccc([N+](=O)[O-])cc1C(=O)OC. The number of carbonyl (C=O) groups excluding carboxylic acids is 1. The molecule has 0 heterocycles. The van der Waals surface area contributed by atoms with Crippen LogP contribution >= 0.6 is 0 Å². The zero-order valence-corrected chi connectivity index (χ0v) is 9.93. The Bertz CT molecular complexity index is 429. The van der Waals surface area contributed by atoms with Gasteiger partial charge in [-0.05, 0) is 18.4 Å². The van der Waals surface area contributed by atoms with Gasteiger partial charge in [0.1, 0.15) is 0 Å². The third kappa shape index (κ3) is 3.27. The molecule has 0 aliphatic heterocycles. The van der Waals surface area contributed by atoms with E-state index in [1.54, 1.807) is 6.07 Å². The first-order valence-electron chi connectivity index (χ1n) is 5.45. The number of rotatable bonds is 5. The molecule has 0 radical (unpaired) electrons. The van der Waals surface area contributed by atoms with Crippen molar-refractivity contribution in [3.8, 4) is 0 Å². The van der Waals surface area contributed by atoms with Gasteiger partial charge in [0.15, 0.2) is 0 Å². The van der Waals surface area contributed by atoms with E-state index in [0.717, 1.165) is 24.8 Å².